The van der Waals surface area contributed by atoms with Gasteiger partial charge >= 0.3 is 0 Å². The Morgan fingerprint density at radius 1 is 1.11 bits per heavy atom. The van der Waals surface area contributed by atoms with Crippen LogP contribution in [0, 0.1) is 19.3 Å². The second-order valence-electron chi connectivity index (χ2n) is 5.36. The van der Waals surface area contributed by atoms with Crippen LogP contribution in [0.4, 0.5) is 0 Å². The van der Waals surface area contributed by atoms with E-state index in [1.54, 1.807) is 0 Å². The van der Waals surface area contributed by atoms with Crippen molar-refractivity contribution in [1.82, 2.24) is 5.32 Å². The third-order valence-corrected chi connectivity index (χ3v) is 4.75. The molecule has 1 aromatic carbocycles. The number of nitrogens with one attached hydrogen (secondary N) is 1. The van der Waals surface area contributed by atoms with Gasteiger partial charge < -0.3 is 5.32 Å². The van der Waals surface area contributed by atoms with Crippen molar-refractivity contribution in [3.8, 4) is 0 Å². The fourth-order valence-corrected chi connectivity index (χ4v) is 2.59. The minimum atomic E-state index is 0.251. The first-order valence-electron chi connectivity index (χ1n) is 6.89. The molecule has 0 saturated carbocycles. The summed E-state index contributed by atoms with van der Waals surface area (Å²) in [7, 11) is 0. The summed E-state index contributed by atoms with van der Waals surface area (Å²) in [6.07, 6.45) is 2.26. The molecule has 0 bridgehead atoms. The van der Waals surface area contributed by atoms with Gasteiger partial charge in [0.05, 0.1) is 0 Å². The van der Waals surface area contributed by atoms with Gasteiger partial charge in [0, 0.05) is 19.0 Å². The van der Waals surface area contributed by atoms with E-state index in [2.05, 4.69) is 51.2 Å². The van der Waals surface area contributed by atoms with Crippen molar-refractivity contribution in [2.75, 3.05) is 12.4 Å². The summed E-state index contributed by atoms with van der Waals surface area (Å²) in [5, 5.41) is 3.56. The van der Waals surface area contributed by atoms with E-state index in [1.807, 2.05) is 0 Å². The molecule has 0 unspecified atom stereocenters. The van der Waals surface area contributed by atoms with Crippen molar-refractivity contribution in [1.29, 1.82) is 0 Å². The smallest absolute Gasteiger partial charge is 0.0291 e. The second-order valence-corrected chi connectivity index (χ2v) is 5.63. The predicted octanol–water partition coefficient (Wildman–Crippen LogP) is 4.44. The molecule has 0 amide bonds. The molecule has 0 aromatic heterocycles. The molecule has 0 heterocycles. The monoisotopic (exact) mass is 267 g/mol. The molecular formula is C16H26ClN. The van der Waals surface area contributed by atoms with Crippen LogP contribution in [0.2, 0.25) is 0 Å². The van der Waals surface area contributed by atoms with Crippen LogP contribution >= 0.6 is 11.6 Å². The number of hydrogen-bond donors (Lipinski definition) is 1. The molecule has 0 aliphatic carbocycles. The summed E-state index contributed by atoms with van der Waals surface area (Å²) >= 11 is 6.11. The fraction of sp³-hybridized carbons (Fsp3) is 0.625. The summed E-state index contributed by atoms with van der Waals surface area (Å²) < 4.78 is 0. The standard InChI is InChI=1S/C16H26ClN/c1-5-16(6-2,11-17)12-18-10-15-8-7-13(3)14(4)9-15/h7-9,18H,5-6,10-12H2,1-4H3. The Morgan fingerprint density at radius 3 is 2.28 bits per heavy atom. The van der Waals surface area contributed by atoms with Crippen molar-refractivity contribution >= 4 is 11.6 Å². The maximum Gasteiger partial charge on any atom is 0.0291 e. The van der Waals surface area contributed by atoms with Gasteiger partial charge in [-0.2, -0.15) is 0 Å². The van der Waals surface area contributed by atoms with Gasteiger partial charge in [-0.3, -0.25) is 0 Å². The van der Waals surface area contributed by atoms with E-state index in [9.17, 15) is 0 Å². The van der Waals surface area contributed by atoms with Crippen LogP contribution < -0.4 is 5.32 Å². The average Bonchev–Trinajstić information content (AvgIpc) is 2.39. The first-order chi connectivity index (χ1) is 8.56. The van der Waals surface area contributed by atoms with E-state index in [4.69, 9.17) is 11.6 Å². The molecule has 0 spiro atoms. The third kappa shape index (κ3) is 4.00. The maximum atomic E-state index is 6.11. The number of hydrogen-bond acceptors (Lipinski definition) is 1. The quantitative estimate of drug-likeness (QED) is 0.721. The molecule has 0 saturated heterocycles. The van der Waals surface area contributed by atoms with Crippen LogP contribution in [0.1, 0.15) is 43.4 Å². The molecule has 0 atom stereocenters. The summed E-state index contributed by atoms with van der Waals surface area (Å²) in [6, 6.07) is 6.67. The van der Waals surface area contributed by atoms with Crippen LogP contribution in [-0.2, 0) is 6.54 Å². The maximum absolute atomic E-state index is 6.11. The molecule has 18 heavy (non-hydrogen) atoms. The van der Waals surface area contributed by atoms with Crippen molar-refractivity contribution in [3.63, 3.8) is 0 Å². The van der Waals surface area contributed by atoms with Gasteiger partial charge in [-0.1, -0.05) is 32.0 Å². The molecule has 1 rings (SSSR count). The van der Waals surface area contributed by atoms with Crippen LogP contribution in [0.15, 0.2) is 18.2 Å². The lowest BCUT2D eigenvalue weighted by Gasteiger charge is -2.29. The third-order valence-electron chi connectivity index (χ3n) is 4.18. The number of rotatable bonds is 7. The minimum Gasteiger partial charge on any atom is -0.312 e. The Morgan fingerprint density at radius 2 is 1.78 bits per heavy atom. The van der Waals surface area contributed by atoms with Crippen LogP contribution in [0.25, 0.3) is 0 Å². The fourth-order valence-electron chi connectivity index (χ4n) is 2.12. The molecule has 2 heteroatoms. The van der Waals surface area contributed by atoms with Crippen molar-refractivity contribution in [3.05, 3.63) is 34.9 Å². The van der Waals surface area contributed by atoms with Gasteiger partial charge in [0.25, 0.3) is 0 Å². The Bertz CT molecular complexity index is 361. The van der Waals surface area contributed by atoms with Gasteiger partial charge in [-0.15, -0.1) is 11.6 Å². The number of benzene rings is 1. The molecule has 1 aromatic rings. The van der Waals surface area contributed by atoms with Gasteiger partial charge in [0.1, 0.15) is 0 Å². The van der Waals surface area contributed by atoms with E-state index < -0.39 is 0 Å². The molecule has 0 aliphatic rings. The summed E-state index contributed by atoms with van der Waals surface area (Å²) in [6.45, 7) is 10.7. The highest BCUT2D eigenvalue weighted by atomic mass is 35.5. The first-order valence-corrected chi connectivity index (χ1v) is 7.43. The average molecular weight is 268 g/mol. The highest BCUT2D eigenvalue weighted by molar-refractivity contribution is 6.18. The SMILES string of the molecule is CCC(CC)(CCl)CNCc1ccc(C)c(C)c1. The lowest BCUT2D eigenvalue weighted by atomic mass is 9.84. The molecule has 0 aliphatic heterocycles. The zero-order valence-corrected chi connectivity index (χ0v) is 12.9. The van der Waals surface area contributed by atoms with Gasteiger partial charge in [0.2, 0.25) is 0 Å². The topological polar surface area (TPSA) is 12.0 Å². The van der Waals surface area contributed by atoms with E-state index >= 15 is 0 Å². The first kappa shape index (κ1) is 15.5. The lowest BCUT2D eigenvalue weighted by molar-refractivity contribution is 0.286. The van der Waals surface area contributed by atoms with Gasteiger partial charge in [-0.05, 0) is 48.8 Å². The van der Waals surface area contributed by atoms with Crippen molar-refractivity contribution < 1.29 is 0 Å². The summed E-state index contributed by atoms with van der Waals surface area (Å²) in [4.78, 5) is 0. The highest BCUT2D eigenvalue weighted by Gasteiger charge is 2.24. The summed E-state index contributed by atoms with van der Waals surface area (Å²) in [5.41, 5.74) is 4.33. The molecule has 0 radical (unpaired) electrons. The van der Waals surface area contributed by atoms with E-state index in [0.717, 1.165) is 31.8 Å². The number of alkyl halides is 1. The van der Waals surface area contributed by atoms with Gasteiger partial charge in [-0.25, -0.2) is 0 Å². The second kappa shape index (κ2) is 7.16. The highest BCUT2D eigenvalue weighted by Crippen LogP contribution is 2.27. The van der Waals surface area contributed by atoms with Crippen molar-refractivity contribution in [2.24, 2.45) is 5.41 Å². The van der Waals surface area contributed by atoms with Crippen LogP contribution in [0.3, 0.4) is 0 Å². The Labute approximate surface area is 117 Å². The summed E-state index contributed by atoms with van der Waals surface area (Å²) in [5.74, 6) is 0.736. The zero-order chi connectivity index (χ0) is 13.6. The van der Waals surface area contributed by atoms with E-state index in [1.165, 1.54) is 16.7 Å². The van der Waals surface area contributed by atoms with Crippen molar-refractivity contribution in [2.45, 2.75) is 47.1 Å². The molecule has 102 valence electrons. The van der Waals surface area contributed by atoms with E-state index in [-0.39, 0.29) is 5.41 Å². The minimum absolute atomic E-state index is 0.251. The predicted molar refractivity (Wildman–Crippen MR) is 81.4 cm³/mol. The van der Waals surface area contributed by atoms with Gasteiger partial charge in [0.15, 0.2) is 0 Å². The number of halogens is 1. The van der Waals surface area contributed by atoms with E-state index in [0.29, 0.717) is 0 Å². The molecule has 1 N–H and O–H groups in total. The Kier molecular flexibility index (Phi) is 6.17. The number of aryl methyl sites for hydroxylation is 2. The largest absolute Gasteiger partial charge is 0.312 e. The Hall–Kier alpha value is -0.530. The zero-order valence-electron chi connectivity index (χ0n) is 12.1. The van der Waals surface area contributed by atoms with Crippen LogP contribution in [0.5, 0.6) is 0 Å². The molecule has 0 fully saturated rings. The van der Waals surface area contributed by atoms with Crippen LogP contribution in [-0.4, -0.2) is 12.4 Å². The normalized spacial score (nSPS) is 11.8. The lowest BCUT2D eigenvalue weighted by Crippen LogP contribution is -2.34. The molecule has 1 nitrogen and oxygen atoms in total. The molecular weight excluding hydrogens is 242 g/mol. The Balaban J connectivity index is 2.52.